The molecule has 0 aliphatic heterocycles. The molecule has 0 fully saturated rings. The second-order valence-corrected chi connectivity index (χ2v) is 4.04. The van der Waals surface area contributed by atoms with Crippen LogP contribution in [0, 0.1) is 5.82 Å². The fourth-order valence-electron chi connectivity index (χ4n) is 1.92. The number of nitrogens with one attached hydrogen (secondary N) is 1. The van der Waals surface area contributed by atoms with Crippen LogP contribution in [-0.2, 0) is 0 Å². The molecule has 2 aromatic heterocycles. The van der Waals surface area contributed by atoms with Crippen LogP contribution in [0.3, 0.4) is 0 Å². The number of aromatic nitrogens is 3. The standard InChI is InChI=1S/C13H8F3N3/c14-12-8(2-1-3-9(12)13(15)16)7-4-10-11(17-5-7)6-18-19-10/h1-6,13H,(H,18,19). The molecule has 0 bridgehead atoms. The Morgan fingerprint density at radius 1 is 1.16 bits per heavy atom. The van der Waals surface area contributed by atoms with Crippen LogP contribution in [0.4, 0.5) is 13.2 Å². The lowest BCUT2D eigenvalue weighted by atomic mass is 10.0. The Kier molecular flexibility index (Phi) is 2.70. The van der Waals surface area contributed by atoms with Crippen molar-refractivity contribution < 1.29 is 13.2 Å². The maximum atomic E-state index is 14.0. The van der Waals surface area contributed by atoms with Gasteiger partial charge in [-0.3, -0.25) is 10.1 Å². The summed E-state index contributed by atoms with van der Waals surface area (Å²) in [6.07, 6.45) is 0.125. The van der Waals surface area contributed by atoms with Gasteiger partial charge in [-0.2, -0.15) is 5.10 Å². The van der Waals surface area contributed by atoms with E-state index in [-0.39, 0.29) is 5.56 Å². The normalized spacial score (nSPS) is 11.4. The van der Waals surface area contributed by atoms with Crippen molar-refractivity contribution in [3.8, 4) is 11.1 Å². The molecule has 0 aliphatic carbocycles. The lowest BCUT2D eigenvalue weighted by Crippen LogP contribution is -1.94. The second kappa shape index (κ2) is 4.38. The van der Waals surface area contributed by atoms with Crippen molar-refractivity contribution in [3.05, 3.63) is 48.0 Å². The number of rotatable bonds is 2. The molecule has 1 aromatic carbocycles. The number of aromatic amines is 1. The number of halogens is 3. The summed E-state index contributed by atoms with van der Waals surface area (Å²) in [5.74, 6) is -0.918. The Labute approximate surface area is 106 Å². The molecule has 3 rings (SSSR count). The summed E-state index contributed by atoms with van der Waals surface area (Å²) in [4.78, 5) is 4.09. The van der Waals surface area contributed by atoms with Crippen LogP contribution in [0.5, 0.6) is 0 Å². The number of pyridine rings is 1. The monoisotopic (exact) mass is 263 g/mol. The molecule has 0 unspecified atom stereocenters. The number of nitrogens with zero attached hydrogens (tertiary/aromatic N) is 2. The largest absolute Gasteiger partial charge is 0.276 e. The minimum atomic E-state index is -2.84. The van der Waals surface area contributed by atoms with E-state index >= 15 is 0 Å². The molecular weight excluding hydrogens is 255 g/mol. The maximum absolute atomic E-state index is 14.0. The van der Waals surface area contributed by atoms with Gasteiger partial charge in [0, 0.05) is 17.3 Å². The Balaban J connectivity index is 2.18. The van der Waals surface area contributed by atoms with E-state index in [1.165, 1.54) is 24.5 Å². The molecule has 6 heteroatoms. The van der Waals surface area contributed by atoms with E-state index in [0.29, 0.717) is 16.6 Å². The highest BCUT2D eigenvalue weighted by molar-refractivity contribution is 5.79. The summed E-state index contributed by atoms with van der Waals surface area (Å²) in [6, 6.07) is 5.55. The number of alkyl halides is 2. The number of hydrogen-bond donors (Lipinski definition) is 1. The third-order valence-corrected chi connectivity index (χ3v) is 2.87. The number of H-pyrrole nitrogens is 1. The van der Waals surface area contributed by atoms with E-state index in [0.717, 1.165) is 6.07 Å². The topological polar surface area (TPSA) is 41.6 Å². The molecular formula is C13H8F3N3. The van der Waals surface area contributed by atoms with Crippen molar-refractivity contribution in [2.75, 3.05) is 0 Å². The van der Waals surface area contributed by atoms with Crippen molar-refractivity contribution in [3.63, 3.8) is 0 Å². The zero-order valence-electron chi connectivity index (χ0n) is 9.57. The van der Waals surface area contributed by atoms with Gasteiger partial charge >= 0.3 is 0 Å². The summed E-state index contributed by atoms with van der Waals surface area (Å²) in [5, 5.41) is 6.51. The Bertz CT molecular complexity index is 737. The van der Waals surface area contributed by atoms with Crippen molar-refractivity contribution >= 4 is 11.0 Å². The van der Waals surface area contributed by atoms with Crippen LogP contribution in [0.15, 0.2) is 36.7 Å². The zero-order chi connectivity index (χ0) is 13.4. The quantitative estimate of drug-likeness (QED) is 0.765. The lowest BCUT2D eigenvalue weighted by molar-refractivity contribution is 0.146. The minimum absolute atomic E-state index is 0.0989. The van der Waals surface area contributed by atoms with Gasteiger partial charge in [0.25, 0.3) is 6.43 Å². The second-order valence-electron chi connectivity index (χ2n) is 4.04. The molecule has 96 valence electrons. The molecule has 0 spiro atoms. The van der Waals surface area contributed by atoms with E-state index in [1.54, 1.807) is 6.07 Å². The molecule has 0 aliphatic rings. The van der Waals surface area contributed by atoms with E-state index < -0.39 is 17.8 Å². The predicted molar refractivity (Wildman–Crippen MR) is 64.2 cm³/mol. The van der Waals surface area contributed by atoms with Crippen LogP contribution < -0.4 is 0 Å². The highest BCUT2D eigenvalue weighted by Gasteiger charge is 2.17. The smallest absolute Gasteiger partial charge is 0.266 e. The van der Waals surface area contributed by atoms with Gasteiger partial charge in [0.1, 0.15) is 11.3 Å². The summed E-state index contributed by atoms with van der Waals surface area (Å²) >= 11 is 0. The van der Waals surface area contributed by atoms with Crippen LogP contribution in [-0.4, -0.2) is 15.2 Å². The first-order valence-corrected chi connectivity index (χ1v) is 5.53. The summed E-state index contributed by atoms with van der Waals surface area (Å²) in [7, 11) is 0. The highest BCUT2D eigenvalue weighted by Crippen LogP contribution is 2.30. The average molecular weight is 263 g/mol. The fourth-order valence-corrected chi connectivity index (χ4v) is 1.92. The molecule has 2 heterocycles. The number of benzene rings is 1. The first-order valence-electron chi connectivity index (χ1n) is 5.53. The van der Waals surface area contributed by atoms with Gasteiger partial charge in [-0.25, -0.2) is 13.2 Å². The van der Waals surface area contributed by atoms with Gasteiger partial charge in [0.2, 0.25) is 0 Å². The van der Waals surface area contributed by atoms with Gasteiger partial charge in [0.15, 0.2) is 0 Å². The summed E-state index contributed by atoms with van der Waals surface area (Å²) in [5.41, 5.74) is 1.18. The van der Waals surface area contributed by atoms with E-state index in [9.17, 15) is 13.2 Å². The number of fused-ring (bicyclic) bond motifs is 1. The molecule has 3 aromatic rings. The number of hydrogen-bond acceptors (Lipinski definition) is 2. The van der Waals surface area contributed by atoms with Crippen LogP contribution >= 0.6 is 0 Å². The minimum Gasteiger partial charge on any atom is -0.276 e. The van der Waals surface area contributed by atoms with Crippen LogP contribution in [0.25, 0.3) is 22.2 Å². The summed E-state index contributed by atoms with van der Waals surface area (Å²) < 4.78 is 39.3. The van der Waals surface area contributed by atoms with Gasteiger partial charge in [0.05, 0.1) is 17.3 Å². The van der Waals surface area contributed by atoms with Crippen molar-refractivity contribution in [1.82, 2.24) is 15.2 Å². The molecule has 0 saturated carbocycles. The first kappa shape index (κ1) is 11.7. The van der Waals surface area contributed by atoms with Gasteiger partial charge in [-0.1, -0.05) is 18.2 Å². The molecule has 3 nitrogen and oxygen atoms in total. The maximum Gasteiger partial charge on any atom is 0.266 e. The van der Waals surface area contributed by atoms with Crippen molar-refractivity contribution in [1.29, 1.82) is 0 Å². The van der Waals surface area contributed by atoms with E-state index in [1.807, 2.05) is 0 Å². The molecule has 0 atom stereocenters. The SMILES string of the molecule is Fc1c(-c2cnc3cn[nH]c3c2)cccc1C(F)F. The molecule has 0 radical (unpaired) electrons. The van der Waals surface area contributed by atoms with Gasteiger partial charge < -0.3 is 0 Å². The van der Waals surface area contributed by atoms with E-state index in [4.69, 9.17) is 0 Å². The Morgan fingerprint density at radius 3 is 2.79 bits per heavy atom. The Hall–Kier alpha value is -2.37. The predicted octanol–water partition coefficient (Wildman–Crippen LogP) is 3.70. The molecule has 0 amide bonds. The van der Waals surface area contributed by atoms with Crippen LogP contribution in [0.1, 0.15) is 12.0 Å². The summed E-state index contributed by atoms with van der Waals surface area (Å²) in [6.45, 7) is 0. The first-order chi connectivity index (χ1) is 9.16. The molecule has 0 saturated heterocycles. The average Bonchev–Trinajstić information content (AvgIpc) is 2.85. The molecule has 19 heavy (non-hydrogen) atoms. The van der Waals surface area contributed by atoms with E-state index in [2.05, 4.69) is 15.2 Å². The zero-order valence-corrected chi connectivity index (χ0v) is 9.57. The fraction of sp³-hybridized carbons (Fsp3) is 0.0769. The third kappa shape index (κ3) is 1.95. The van der Waals surface area contributed by atoms with Gasteiger partial charge in [-0.05, 0) is 6.07 Å². The van der Waals surface area contributed by atoms with Crippen molar-refractivity contribution in [2.24, 2.45) is 0 Å². The van der Waals surface area contributed by atoms with Crippen molar-refractivity contribution in [2.45, 2.75) is 6.43 Å². The van der Waals surface area contributed by atoms with Gasteiger partial charge in [-0.15, -0.1) is 0 Å². The lowest BCUT2D eigenvalue weighted by Gasteiger charge is -2.07. The Morgan fingerprint density at radius 2 is 2.00 bits per heavy atom. The molecule has 1 N–H and O–H groups in total. The van der Waals surface area contributed by atoms with Crippen LogP contribution in [0.2, 0.25) is 0 Å². The highest BCUT2D eigenvalue weighted by atomic mass is 19.3. The third-order valence-electron chi connectivity index (χ3n) is 2.87.